The number of carboxylic acids is 1. The Labute approximate surface area is 374 Å². The molecule has 4 aromatic carbocycles. The predicted molar refractivity (Wildman–Crippen MR) is 206 cm³/mol. The smallest absolute Gasteiger partial charge is 0.341 e. The summed E-state index contributed by atoms with van der Waals surface area (Å²) in [6.45, 7) is -1.31. The first-order valence-corrected chi connectivity index (χ1v) is 19.2. The highest BCUT2D eigenvalue weighted by Crippen LogP contribution is 2.54. The minimum atomic E-state index is -2.58. The maximum atomic E-state index is 14.6. The molecule has 4 aliphatic heterocycles. The number of esters is 6. The Hall–Kier alpha value is -9.11. The van der Waals surface area contributed by atoms with Crippen LogP contribution in [0, 0.1) is 5.92 Å². The van der Waals surface area contributed by atoms with Gasteiger partial charge in [0.25, 0.3) is 0 Å². The molecule has 68 heavy (non-hydrogen) atoms. The highest BCUT2D eigenvalue weighted by molar-refractivity contribution is 6.08. The standard InChI is InChI=1S/C41H30O27/c42-13-1-8(2-14(43)24(13)49)35(56)68-41-34-33-31(64-39(60)12(6-19(47)48)22-23-11(38(59)67-34)5-17(46)27(52)32(23)65-40(61)30(22)55)18(63-41)7-62-36(57)9-3-15(44)25(50)28(53)20(9)21-10(37(58)66-33)4-16(45)26(51)29(21)54/h1-5,12,18,22,30-31,33-34,41-46,49-55H,6-7H2,(H,47,48)/t12?,18-,22?,30+,31-,33+,34-,41+/m1/s1. The Morgan fingerprint density at radius 1 is 0.588 bits per heavy atom. The largest absolute Gasteiger partial charge is 0.504 e. The molecule has 356 valence electrons. The van der Waals surface area contributed by atoms with Gasteiger partial charge in [-0.05, 0) is 30.3 Å². The van der Waals surface area contributed by atoms with Gasteiger partial charge in [0.1, 0.15) is 12.7 Å². The van der Waals surface area contributed by atoms with Gasteiger partial charge in [-0.25, -0.2) is 24.0 Å². The Bertz CT molecular complexity index is 2900. The second-order valence-electron chi connectivity index (χ2n) is 15.2. The third kappa shape index (κ3) is 7.31. The molecule has 8 atom stereocenters. The molecule has 27 nitrogen and oxygen atoms in total. The second-order valence-corrected chi connectivity index (χ2v) is 15.2. The lowest BCUT2D eigenvalue weighted by molar-refractivity contribution is -0.287. The number of aliphatic hydroxyl groups is 1. The van der Waals surface area contributed by atoms with E-state index >= 15 is 0 Å². The van der Waals surface area contributed by atoms with Gasteiger partial charge in [0.2, 0.25) is 29.6 Å². The number of rotatable bonds is 4. The number of carboxylic acid groups (broad SMARTS) is 1. The lowest BCUT2D eigenvalue weighted by Gasteiger charge is -2.44. The van der Waals surface area contributed by atoms with Gasteiger partial charge in [0.05, 0.1) is 34.6 Å². The summed E-state index contributed by atoms with van der Waals surface area (Å²) in [6, 6.07) is 2.36. The van der Waals surface area contributed by atoms with Gasteiger partial charge in [-0.15, -0.1) is 0 Å². The summed E-state index contributed by atoms with van der Waals surface area (Å²) in [6.07, 6.45) is -16.3. The number of benzene rings is 4. The summed E-state index contributed by atoms with van der Waals surface area (Å²) >= 11 is 0. The molecule has 8 rings (SSSR count). The summed E-state index contributed by atoms with van der Waals surface area (Å²) in [5, 5.41) is 137. The van der Waals surface area contributed by atoms with Crippen LogP contribution in [0.2, 0.25) is 0 Å². The van der Waals surface area contributed by atoms with Crippen molar-refractivity contribution in [2.45, 2.75) is 49.1 Å². The number of ether oxygens (including phenoxy) is 7. The van der Waals surface area contributed by atoms with Crippen LogP contribution in [-0.2, 0) is 42.8 Å². The molecule has 13 N–H and O–H groups in total. The number of aromatic hydroxyl groups is 11. The van der Waals surface area contributed by atoms with Crippen molar-refractivity contribution in [3.8, 4) is 80.1 Å². The number of phenols is 11. The van der Waals surface area contributed by atoms with E-state index in [-0.39, 0.29) is 0 Å². The van der Waals surface area contributed by atoms with Crippen LogP contribution in [0.15, 0.2) is 30.3 Å². The van der Waals surface area contributed by atoms with E-state index in [1.54, 1.807) is 0 Å². The van der Waals surface area contributed by atoms with Crippen LogP contribution in [0.5, 0.6) is 69.0 Å². The van der Waals surface area contributed by atoms with Crippen molar-refractivity contribution < 1.29 is 133 Å². The molecule has 4 aliphatic rings. The summed E-state index contributed by atoms with van der Waals surface area (Å²) < 4.78 is 38.8. The third-order valence-electron chi connectivity index (χ3n) is 11.2. The topological polar surface area (TPSA) is 447 Å². The lowest BCUT2D eigenvalue weighted by Crippen LogP contribution is -2.63. The number of aliphatic hydroxyl groups excluding tert-OH is 1. The van der Waals surface area contributed by atoms with Gasteiger partial charge in [-0.3, -0.25) is 9.59 Å². The number of fused-ring (bicyclic) bond motifs is 3. The van der Waals surface area contributed by atoms with Gasteiger partial charge in [0.15, 0.2) is 70.1 Å². The number of aliphatic carboxylic acids is 1. The molecule has 1 fully saturated rings. The van der Waals surface area contributed by atoms with Gasteiger partial charge < -0.3 is 99.5 Å². The maximum absolute atomic E-state index is 14.6. The summed E-state index contributed by atoms with van der Waals surface area (Å²) in [5.41, 5.74) is -7.08. The Morgan fingerprint density at radius 3 is 1.69 bits per heavy atom. The molecule has 4 heterocycles. The molecular formula is C41H30O27. The van der Waals surface area contributed by atoms with Gasteiger partial charge >= 0.3 is 41.8 Å². The van der Waals surface area contributed by atoms with Crippen LogP contribution in [0.1, 0.15) is 59.3 Å². The monoisotopic (exact) mass is 954 g/mol. The number of hydrogen-bond donors (Lipinski definition) is 13. The van der Waals surface area contributed by atoms with Crippen molar-refractivity contribution in [2.24, 2.45) is 5.92 Å². The Balaban J connectivity index is 1.39. The fraction of sp³-hybridized carbons (Fsp3) is 0.244. The molecule has 1 saturated heterocycles. The molecule has 2 unspecified atom stereocenters. The van der Waals surface area contributed by atoms with E-state index in [9.17, 15) is 99.9 Å². The Morgan fingerprint density at radius 2 is 1.10 bits per heavy atom. The van der Waals surface area contributed by atoms with Crippen LogP contribution in [-0.4, -0.2) is 152 Å². The summed E-state index contributed by atoms with van der Waals surface area (Å²) in [7, 11) is 0. The normalized spacial score (nSPS) is 24.3. The molecule has 0 aromatic heterocycles. The van der Waals surface area contributed by atoms with Crippen LogP contribution in [0.3, 0.4) is 0 Å². The number of phenolic OH excluding ortho intramolecular Hbond substituents is 11. The zero-order chi connectivity index (χ0) is 49.5. The number of carbonyl (C=O) groups excluding carboxylic acids is 6. The summed E-state index contributed by atoms with van der Waals surface area (Å²) in [4.78, 5) is 96.8. The molecule has 0 amide bonds. The average molecular weight is 955 g/mol. The molecule has 0 saturated carbocycles. The van der Waals surface area contributed by atoms with E-state index in [0.29, 0.717) is 30.3 Å². The van der Waals surface area contributed by atoms with Gasteiger partial charge in [0, 0.05) is 22.6 Å². The second kappa shape index (κ2) is 16.4. The highest BCUT2D eigenvalue weighted by Gasteiger charge is 2.58. The van der Waals surface area contributed by atoms with Crippen molar-refractivity contribution in [1.29, 1.82) is 0 Å². The van der Waals surface area contributed by atoms with Crippen molar-refractivity contribution in [3.05, 3.63) is 58.1 Å². The molecule has 0 radical (unpaired) electrons. The fourth-order valence-electron chi connectivity index (χ4n) is 8.04. The van der Waals surface area contributed by atoms with E-state index in [0.717, 1.165) is 0 Å². The molecule has 4 bridgehead atoms. The van der Waals surface area contributed by atoms with Crippen molar-refractivity contribution in [3.63, 3.8) is 0 Å². The van der Waals surface area contributed by atoms with E-state index in [1.807, 2.05) is 0 Å². The number of cyclic esters (lactones) is 1. The third-order valence-corrected chi connectivity index (χ3v) is 11.2. The number of hydrogen-bond acceptors (Lipinski definition) is 26. The summed E-state index contributed by atoms with van der Waals surface area (Å²) in [5.74, 6) is -32.0. The quantitative estimate of drug-likeness (QED) is 0.0554. The van der Waals surface area contributed by atoms with Crippen molar-refractivity contribution >= 4 is 41.8 Å². The SMILES string of the molecule is O=C(O)CC1C(=O)O[C@H]2[C@@H]3OC(=O)c4cc(O)c(O)c(O)c4-c4c(cc(O)c(O)c4O)C(=O)OC[C@H]2O[C@@H](OC(=O)c2cc(O)c(O)c(O)c2)[C@@H]3OC(=O)c2cc(O)c(O)c3c2C1[C@H](O)C(=O)O3. The van der Waals surface area contributed by atoms with Crippen LogP contribution < -0.4 is 4.74 Å². The highest BCUT2D eigenvalue weighted by atomic mass is 16.7. The average Bonchev–Trinajstić information content (AvgIpc) is 3.28. The van der Waals surface area contributed by atoms with Gasteiger partial charge in [-0.1, -0.05) is 0 Å². The van der Waals surface area contributed by atoms with Crippen LogP contribution in [0.25, 0.3) is 11.1 Å². The van der Waals surface area contributed by atoms with Crippen molar-refractivity contribution in [1.82, 2.24) is 0 Å². The molecule has 27 heteroatoms. The minimum Gasteiger partial charge on any atom is -0.504 e. The van der Waals surface area contributed by atoms with Crippen LogP contribution in [0.4, 0.5) is 0 Å². The first kappa shape index (κ1) is 45.5. The Kier molecular flexibility index (Phi) is 11.0. The van der Waals surface area contributed by atoms with Crippen LogP contribution >= 0.6 is 0 Å². The maximum Gasteiger partial charge on any atom is 0.341 e. The van der Waals surface area contributed by atoms with E-state index < -0.39 is 211 Å². The lowest BCUT2D eigenvalue weighted by atomic mass is 9.76. The molecule has 0 spiro atoms. The van der Waals surface area contributed by atoms with E-state index in [2.05, 4.69) is 0 Å². The molecule has 0 aliphatic carbocycles. The predicted octanol–water partition coefficient (Wildman–Crippen LogP) is -0.00170. The zero-order valence-electron chi connectivity index (χ0n) is 33.4. The van der Waals surface area contributed by atoms with E-state index in [1.165, 1.54) is 0 Å². The minimum absolute atomic E-state index is 0.361. The van der Waals surface area contributed by atoms with Crippen molar-refractivity contribution in [2.75, 3.05) is 6.61 Å². The zero-order valence-corrected chi connectivity index (χ0v) is 33.4. The fourth-order valence-corrected chi connectivity index (χ4v) is 8.04. The molecule has 4 aromatic rings. The van der Waals surface area contributed by atoms with Gasteiger partial charge in [-0.2, -0.15) is 0 Å². The first-order chi connectivity index (χ1) is 32.0. The first-order valence-electron chi connectivity index (χ1n) is 19.2. The molecular weight excluding hydrogens is 924 g/mol. The van der Waals surface area contributed by atoms with E-state index in [4.69, 9.17) is 33.2 Å². The number of carbonyl (C=O) groups is 7.